The van der Waals surface area contributed by atoms with E-state index in [2.05, 4.69) is 39.1 Å². The quantitative estimate of drug-likeness (QED) is 0.816. The zero-order valence-corrected chi connectivity index (χ0v) is 12.8. The van der Waals surface area contributed by atoms with Crippen LogP contribution < -0.4 is 4.90 Å². The number of nitrogens with zero attached hydrogens (tertiary/aromatic N) is 3. The van der Waals surface area contributed by atoms with Crippen molar-refractivity contribution in [3.05, 3.63) is 52.4 Å². The van der Waals surface area contributed by atoms with Crippen LogP contribution in [0.5, 0.6) is 0 Å². The van der Waals surface area contributed by atoms with Crippen LogP contribution >= 0.6 is 11.6 Å². The molecule has 0 unspecified atom stereocenters. The van der Waals surface area contributed by atoms with Crippen LogP contribution in [0.2, 0.25) is 5.15 Å². The Morgan fingerprint density at radius 3 is 2.86 bits per heavy atom. The Balaban J connectivity index is 1.90. The third kappa shape index (κ3) is 3.34. The minimum absolute atomic E-state index is 0.373. The smallest absolute Gasteiger partial charge is 0.158 e. The first-order valence-electron chi connectivity index (χ1n) is 7.10. The molecule has 1 aromatic carbocycles. The molecule has 3 rings (SSSR count). The number of fused-ring (bicyclic) bond motifs is 1. The van der Waals surface area contributed by atoms with Gasteiger partial charge in [0.05, 0.1) is 0 Å². The van der Waals surface area contributed by atoms with Gasteiger partial charge in [-0.1, -0.05) is 35.9 Å². The molecule has 2 heterocycles. The highest BCUT2D eigenvalue weighted by atomic mass is 35.5. The molecule has 4 nitrogen and oxygen atoms in total. The summed E-state index contributed by atoms with van der Waals surface area (Å²) < 4.78 is 5.10. The number of ether oxygens (including phenoxy) is 1. The summed E-state index contributed by atoms with van der Waals surface area (Å²) in [7, 11) is 1.63. The highest BCUT2D eigenvalue weighted by Gasteiger charge is 2.16. The summed E-state index contributed by atoms with van der Waals surface area (Å²) in [4.78, 5) is 11.0. The molecule has 0 aliphatic carbocycles. The summed E-state index contributed by atoms with van der Waals surface area (Å²) in [6, 6.07) is 10.4. The second kappa shape index (κ2) is 6.41. The Labute approximate surface area is 129 Å². The van der Waals surface area contributed by atoms with Crippen molar-refractivity contribution in [1.82, 2.24) is 9.97 Å². The molecule has 1 aromatic heterocycles. The summed E-state index contributed by atoms with van der Waals surface area (Å²) in [6.45, 7) is 2.20. The Morgan fingerprint density at radius 1 is 1.24 bits per heavy atom. The van der Waals surface area contributed by atoms with Gasteiger partial charge in [0.25, 0.3) is 0 Å². The summed E-state index contributed by atoms with van der Waals surface area (Å²) in [5.74, 6) is 1.50. The van der Waals surface area contributed by atoms with E-state index in [9.17, 15) is 0 Å². The van der Waals surface area contributed by atoms with Gasteiger partial charge in [-0.25, -0.2) is 9.97 Å². The number of hydrogen-bond acceptors (Lipinski definition) is 4. The fourth-order valence-corrected chi connectivity index (χ4v) is 2.90. The lowest BCUT2D eigenvalue weighted by Gasteiger charge is -2.22. The first-order valence-corrected chi connectivity index (χ1v) is 7.48. The van der Waals surface area contributed by atoms with Crippen LogP contribution in [0.25, 0.3) is 0 Å². The highest BCUT2D eigenvalue weighted by molar-refractivity contribution is 6.29. The first kappa shape index (κ1) is 14.3. The molecular weight excluding hydrogens is 286 g/mol. The topological polar surface area (TPSA) is 38.2 Å². The van der Waals surface area contributed by atoms with Crippen molar-refractivity contribution in [2.45, 2.75) is 26.0 Å². The number of anilines is 1. The molecule has 0 spiro atoms. The maximum absolute atomic E-state index is 6.11. The molecule has 0 saturated carbocycles. The molecule has 0 atom stereocenters. The second-order valence-electron chi connectivity index (χ2n) is 5.19. The van der Waals surface area contributed by atoms with E-state index < -0.39 is 0 Å². The van der Waals surface area contributed by atoms with Crippen molar-refractivity contribution in [3.63, 3.8) is 0 Å². The predicted molar refractivity (Wildman–Crippen MR) is 83.6 cm³/mol. The van der Waals surface area contributed by atoms with Gasteiger partial charge in [0, 0.05) is 26.3 Å². The fourth-order valence-electron chi connectivity index (χ4n) is 2.70. The Bertz CT molecular complexity index is 633. The maximum atomic E-state index is 6.11. The molecule has 110 valence electrons. The first-order chi connectivity index (χ1) is 10.3. The molecule has 0 N–H and O–H groups in total. The zero-order valence-electron chi connectivity index (χ0n) is 12.1. The number of aromatic nitrogens is 2. The molecule has 0 saturated heterocycles. The van der Waals surface area contributed by atoms with Crippen molar-refractivity contribution < 1.29 is 4.74 Å². The van der Waals surface area contributed by atoms with Crippen LogP contribution in [0.4, 0.5) is 5.82 Å². The van der Waals surface area contributed by atoms with Crippen LogP contribution in [0.15, 0.2) is 30.3 Å². The standard InChI is InChI=1S/C16H18ClN3O/c1-21-11-15-18-14(17)9-16(19-15)20-8-4-7-12-5-2-3-6-13(12)10-20/h2-3,5-6,9H,4,7-8,10-11H2,1H3. The lowest BCUT2D eigenvalue weighted by Crippen LogP contribution is -2.24. The van der Waals surface area contributed by atoms with Gasteiger partial charge >= 0.3 is 0 Å². The van der Waals surface area contributed by atoms with Crippen LogP contribution in [0.1, 0.15) is 23.4 Å². The van der Waals surface area contributed by atoms with Crippen LogP contribution in [0.3, 0.4) is 0 Å². The minimum atomic E-state index is 0.373. The minimum Gasteiger partial charge on any atom is -0.377 e. The van der Waals surface area contributed by atoms with Gasteiger partial charge in [-0.15, -0.1) is 0 Å². The number of benzene rings is 1. The third-order valence-corrected chi connectivity index (χ3v) is 3.87. The van der Waals surface area contributed by atoms with Crippen molar-refractivity contribution in [3.8, 4) is 0 Å². The average Bonchev–Trinajstić information content (AvgIpc) is 2.69. The Kier molecular flexibility index (Phi) is 4.36. The third-order valence-electron chi connectivity index (χ3n) is 3.68. The second-order valence-corrected chi connectivity index (χ2v) is 5.58. The molecule has 0 amide bonds. The lowest BCUT2D eigenvalue weighted by atomic mass is 10.0. The normalized spacial score (nSPS) is 14.7. The van der Waals surface area contributed by atoms with E-state index in [-0.39, 0.29) is 0 Å². The van der Waals surface area contributed by atoms with Crippen LogP contribution in [-0.2, 0) is 24.3 Å². The molecule has 21 heavy (non-hydrogen) atoms. The van der Waals surface area contributed by atoms with Gasteiger partial charge in [0.2, 0.25) is 0 Å². The fraction of sp³-hybridized carbons (Fsp3) is 0.375. The van der Waals surface area contributed by atoms with Gasteiger partial charge in [-0.05, 0) is 24.0 Å². The number of halogens is 1. The van der Waals surface area contributed by atoms with Gasteiger partial charge in [0.15, 0.2) is 5.82 Å². The van der Waals surface area contributed by atoms with Crippen molar-refractivity contribution >= 4 is 17.4 Å². The summed E-state index contributed by atoms with van der Waals surface area (Å²) >= 11 is 6.11. The molecule has 1 aliphatic rings. The van der Waals surface area contributed by atoms with E-state index in [1.165, 1.54) is 11.1 Å². The van der Waals surface area contributed by atoms with Crippen LogP contribution in [-0.4, -0.2) is 23.6 Å². The van der Waals surface area contributed by atoms with E-state index in [1.807, 2.05) is 6.07 Å². The summed E-state index contributed by atoms with van der Waals surface area (Å²) in [6.07, 6.45) is 2.22. The molecule has 2 aromatic rings. The van der Waals surface area contributed by atoms with E-state index >= 15 is 0 Å². The zero-order chi connectivity index (χ0) is 14.7. The largest absolute Gasteiger partial charge is 0.377 e. The number of hydrogen-bond donors (Lipinski definition) is 0. The highest BCUT2D eigenvalue weighted by Crippen LogP contribution is 2.24. The number of rotatable bonds is 3. The van der Waals surface area contributed by atoms with Gasteiger partial charge in [0.1, 0.15) is 17.6 Å². The SMILES string of the molecule is COCc1nc(Cl)cc(N2CCCc3ccccc3C2)n1. The van der Waals surface area contributed by atoms with Crippen molar-refractivity contribution in [2.24, 2.45) is 0 Å². The van der Waals surface area contributed by atoms with E-state index in [4.69, 9.17) is 16.3 Å². The van der Waals surface area contributed by atoms with Gasteiger partial charge in [-0.2, -0.15) is 0 Å². The van der Waals surface area contributed by atoms with Crippen molar-refractivity contribution in [1.29, 1.82) is 0 Å². The summed E-state index contributed by atoms with van der Waals surface area (Å²) in [5, 5.41) is 0.463. The van der Waals surface area contributed by atoms with Gasteiger partial charge in [-0.3, -0.25) is 0 Å². The maximum Gasteiger partial charge on any atom is 0.158 e. The number of methoxy groups -OCH3 is 1. The molecule has 0 fully saturated rings. The number of aryl methyl sites for hydroxylation is 1. The monoisotopic (exact) mass is 303 g/mol. The summed E-state index contributed by atoms with van der Waals surface area (Å²) in [5.41, 5.74) is 2.79. The molecule has 0 radical (unpaired) electrons. The Hall–Kier alpha value is -1.65. The molecular formula is C16H18ClN3O. The molecule has 0 bridgehead atoms. The Morgan fingerprint density at radius 2 is 2.05 bits per heavy atom. The van der Waals surface area contributed by atoms with Crippen LogP contribution in [0, 0.1) is 0 Å². The van der Waals surface area contributed by atoms with Gasteiger partial charge < -0.3 is 9.64 Å². The lowest BCUT2D eigenvalue weighted by molar-refractivity contribution is 0.178. The predicted octanol–water partition coefficient (Wildman–Crippen LogP) is 3.23. The van der Waals surface area contributed by atoms with Crippen molar-refractivity contribution in [2.75, 3.05) is 18.6 Å². The van der Waals surface area contributed by atoms with E-state index in [0.29, 0.717) is 17.6 Å². The average molecular weight is 304 g/mol. The molecule has 1 aliphatic heterocycles. The molecule has 5 heteroatoms. The van der Waals surface area contributed by atoms with E-state index in [0.717, 1.165) is 31.7 Å². The van der Waals surface area contributed by atoms with E-state index in [1.54, 1.807) is 7.11 Å².